The predicted octanol–water partition coefficient (Wildman–Crippen LogP) is -0.169. The minimum atomic E-state index is -0.840. The molecule has 0 aromatic rings. The number of nitrogens with zero attached hydrogens (tertiary/aromatic N) is 1. The molecule has 1 atom stereocenters. The summed E-state index contributed by atoms with van der Waals surface area (Å²) in [7, 11) is 0. The van der Waals surface area contributed by atoms with Gasteiger partial charge in [-0.05, 0) is 12.8 Å². The molecule has 0 aromatic heterocycles. The van der Waals surface area contributed by atoms with Crippen molar-refractivity contribution in [2.24, 2.45) is 0 Å². The van der Waals surface area contributed by atoms with Gasteiger partial charge in [0.1, 0.15) is 0 Å². The topological polar surface area (TPSA) is 78.9 Å². The molecule has 1 unspecified atom stereocenters. The number of hydrogen-bond acceptors (Lipinski definition) is 4. The second kappa shape index (κ2) is 6.15. The number of carboxylic acid groups (broad SMARTS) is 1. The van der Waals surface area contributed by atoms with Crippen LogP contribution in [0, 0.1) is 0 Å². The van der Waals surface area contributed by atoms with E-state index >= 15 is 0 Å². The summed E-state index contributed by atoms with van der Waals surface area (Å²) in [6.07, 6.45) is 2.47. The Kier molecular flexibility index (Phi) is 4.54. The summed E-state index contributed by atoms with van der Waals surface area (Å²) in [5.74, 6) is -0.743. The van der Waals surface area contributed by atoms with E-state index in [2.05, 4.69) is 10.2 Å². The number of rotatable bonds is 6. The van der Waals surface area contributed by atoms with Crippen LogP contribution in [0.4, 0.5) is 0 Å². The summed E-state index contributed by atoms with van der Waals surface area (Å²) in [4.78, 5) is 24.2. The fourth-order valence-electron chi connectivity index (χ4n) is 2.09. The molecule has 18 heavy (non-hydrogen) atoms. The molecule has 1 saturated carbocycles. The third-order valence-corrected chi connectivity index (χ3v) is 3.22. The van der Waals surface area contributed by atoms with Crippen LogP contribution in [-0.4, -0.2) is 60.3 Å². The Morgan fingerprint density at radius 1 is 1.39 bits per heavy atom. The van der Waals surface area contributed by atoms with Crippen LogP contribution in [0.3, 0.4) is 0 Å². The first-order chi connectivity index (χ1) is 8.63. The van der Waals surface area contributed by atoms with E-state index in [-0.39, 0.29) is 18.4 Å². The highest BCUT2D eigenvalue weighted by Gasteiger charge is 2.25. The summed E-state index contributed by atoms with van der Waals surface area (Å²) < 4.78 is 5.38. The molecule has 0 radical (unpaired) electrons. The number of ether oxygens (including phenoxy) is 1. The molecule has 2 rings (SSSR count). The van der Waals surface area contributed by atoms with Crippen molar-refractivity contribution in [2.45, 2.75) is 37.8 Å². The highest BCUT2D eigenvalue weighted by molar-refractivity contribution is 5.76. The van der Waals surface area contributed by atoms with Crippen molar-refractivity contribution in [3.63, 3.8) is 0 Å². The average Bonchev–Trinajstić information content (AvgIpc) is 3.10. The van der Waals surface area contributed by atoms with Gasteiger partial charge in [0.15, 0.2) is 0 Å². The van der Waals surface area contributed by atoms with E-state index in [0.717, 1.165) is 19.4 Å². The van der Waals surface area contributed by atoms with Crippen molar-refractivity contribution in [3.8, 4) is 0 Å². The van der Waals surface area contributed by atoms with Crippen LogP contribution in [-0.2, 0) is 14.3 Å². The molecule has 2 aliphatic rings. The molecule has 1 heterocycles. The molecule has 6 nitrogen and oxygen atoms in total. The van der Waals surface area contributed by atoms with E-state index in [9.17, 15) is 9.59 Å². The van der Waals surface area contributed by atoms with Crippen molar-refractivity contribution in [1.29, 1.82) is 0 Å². The summed E-state index contributed by atoms with van der Waals surface area (Å²) >= 11 is 0. The van der Waals surface area contributed by atoms with Crippen LogP contribution in [0.1, 0.15) is 25.7 Å². The molecule has 6 heteroatoms. The van der Waals surface area contributed by atoms with Crippen molar-refractivity contribution in [2.75, 3.05) is 26.2 Å². The fraction of sp³-hybridized carbons (Fsp3) is 0.833. The molecule has 102 valence electrons. The van der Waals surface area contributed by atoms with Gasteiger partial charge in [-0.3, -0.25) is 14.5 Å². The molecule has 1 amide bonds. The lowest BCUT2D eigenvalue weighted by Crippen LogP contribution is -2.44. The lowest BCUT2D eigenvalue weighted by atomic mass is 10.2. The van der Waals surface area contributed by atoms with Gasteiger partial charge < -0.3 is 15.2 Å². The minimum absolute atomic E-state index is 0.0325. The first-order valence-corrected chi connectivity index (χ1v) is 6.48. The largest absolute Gasteiger partial charge is 0.481 e. The van der Waals surface area contributed by atoms with Gasteiger partial charge in [-0.2, -0.15) is 0 Å². The van der Waals surface area contributed by atoms with Crippen molar-refractivity contribution < 1.29 is 19.4 Å². The van der Waals surface area contributed by atoms with Crippen LogP contribution < -0.4 is 5.32 Å². The van der Waals surface area contributed by atoms with Crippen LogP contribution in [0.25, 0.3) is 0 Å². The highest BCUT2D eigenvalue weighted by Crippen LogP contribution is 2.18. The summed E-state index contributed by atoms with van der Waals surface area (Å²) in [6.45, 7) is 2.59. The quantitative estimate of drug-likeness (QED) is 0.690. The van der Waals surface area contributed by atoms with Crippen LogP contribution in [0.5, 0.6) is 0 Å². The number of carbonyl (C=O) groups is 2. The molecule has 2 fully saturated rings. The fourth-order valence-corrected chi connectivity index (χ4v) is 2.09. The lowest BCUT2D eigenvalue weighted by molar-refractivity contribution is -0.142. The zero-order valence-corrected chi connectivity index (χ0v) is 10.4. The first kappa shape index (κ1) is 13.3. The smallest absolute Gasteiger partial charge is 0.306 e. The maximum Gasteiger partial charge on any atom is 0.306 e. The zero-order chi connectivity index (χ0) is 13.0. The summed E-state index contributed by atoms with van der Waals surface area (Å²) in [5, 5.41) is 11.7. The second-order valence-corrected chi connectivity index (χ2v) is 4.98. The molecule has 0 bridgehead atoms. The number of hydrogen-bond donors (Lipinski definition) is 2. The SMILES string of the molecule is O=C(O)CC1CN(CCC(=O)NC2CC2)CCO1. The molecule has 2 N–H and O–H groups in total. The van der Waals surface area contributed by atoms with Gasteiger partial charge in [-0.25, -0.2) is 0 Å². The van der Waals surface area contributed by atoms with Crippen molar-refractivity contribution in [1.82, 2.24) is 10.2 Å². The van der Waals surface area contributed by atoms with Gasteiger partial charge in [0.05, 0.1) is 19.1 Å². The summed E-state index contributed by atoms with van der Waals surface area (Å²) in [5.41, 5.74) is 0. The Morgan fingerprint density at radius 2 is 2.17 bits per heavy atom. The second-order valence-electron chi connectivity index (χ2n) is 4.98. The zero-order valence-electron chi connectivity index (χ0n) is 10.4. The van der Waals surface area contributed by atoms with Crippen molar-refractivity contribution in [3.05, 3.63) is 0 Å². The maximum atomic E-state index is 11.5. The number of carboxylic acids is 1. The molecule has 1 saturated heterocycles. The van der Waals surface area contributed by atoms with Crippen molar-refractivity contribution >= 4 is 11.9 Å². The van der Waals surface area contributed by atoms with E-state index in [1.165, 1.54) is 0 Å². The maximum absolute atomic E-state index is 11.5. The van der Waals surface area contributed by atoms with Crippen LogP contribution in [0.15, 0.2) is 0 Å². The Labute approximate surface area is 106 Å². The average molecular weight is 256 g/mol. The monoisotopic (exact) mass is 256 g/mol. The van der Waals surface area contributed by atoms with Gasteiger partial charge in [0.25, 0.3) is 0 Å². The van der Waals surface area contributed by atoms with Crippen LogP contribution in [0.2, 0.25) is 0 Å². The Bertz CT molecular complexity index is 317. The van der Waals surface area contributed by atoms with E-state index in [1.54, 1.807) is 0 Å². The first-order valence-electron chi connectivity index (χ1n) is 6.48. The Hall–Kier alpha value is -1.14. The molecule has 1 aliphatic carbocycles. The number of nitrogens with one attached hydrogen (secondary N) is 1. The minimum Gasteiger partial charge on any atom is -0.481 e. The highest BCUT2D eigenvalue weighted by atomic mass is 16.5. The van der Waals surface area contributed by atoms with E-state index in [1.807, 2.05) is 0 Å². The van der Waals surface area contributed by atoms with Gasteiger partial charge >= 0.3 is 5.97 Å². The summed E-state index contributed by atoms with van der Waals surface area (Å²) in [6, 6.07) is 0.405. The van der Waals surface area contributed by atoms with E-state index in [4.69, 9.17) is 9.84 Å². The molecule has 1 aliphatic heterocycles. The van der Waals surface area contributed by atoms with Gasteiger partial charge in [-0.1, -0.05) is 0 Å². The van der Waals surface area contributed by atoms with E-state index < -0.39 is 5.97 Å². The van der Waals surface area contributed by atoms with Crippen LogP contribution >= 0.6 is 0 Å². The number of morpholine rings is 1. The predicted molar refractivity (Wildman–Crippen MR) is 64.2 cm³/mol. The molecular formula is C12H20N2O4. The number of carbonyl (C=O) groups excluding carboxylic acids is 1. The third-order valence-electron chi connectivity index (χ3n) is 3.22. The number of amides is 1. The molecular weight excluding hydrogens is 236 g/mol. The molecule has 0 aromatic carbocycles. The normalized spacial score (nSPS) is 24.8. The third kappa shape index (κ3) is 4.62. The lowest BCUT2D eigenvalue weighted by Gasteiger charge is -2.32. The van der Waals surface area contributed by atoms with Gasteiger partial charge in [0, 0.05) is 32.1 Å². The standard InChI is InChI=1S/C12H20N2O4/c15-11(13-9-1-2-9)3-4-14-5-6-18-10(8-14)7-12(16)17/h9-10H,1-8H2,(H,13,15)(H,16,17). The molecule has 0 spiro atoms. The van der Waals surface area contributed by atoms with E-state index in [0.29, 0.717) is 32.2 Å². The van der Waals surface area contributed by atoms with Gasteiger partial charge in [-0.15, -0.1) is 0 Å². The number of aliphatic carboxylic acids is 1. The Morgan fingerprint density at radius 3 is 2.83 bits per heavy atom. The van der Waals surface area contributed by atoms with Gasteiger partial charge in [0.2, 0.25) is 5.91 Å². The Balaban J connectivity index is 1.65.